The highest BCUT2D eigenvalue weighted by atomic mass is 35.5. The van der Waals surface area contributed by atoms with Gasteiger partial charge < -0.3 is 5.32 Å². The Hall–Kier alpha value is -0.570. The minimum atomic E-state index is 0.831. The molecule has 1 fully saturated rings. The average molecular weight is 211 g/mol. The summed E-state index contributed by atoms with van der Waals surface area (Å²) in [6.45, 7) is 5.47. The highest BCUT2D eigenvalue weighted by Gasteiger charge is 2.09. The molecule has 3 heteroatoms. The van der Waals surface area contributed by atoms with E-state index in [-0.39, 0.29) is 0 Å². The second kappa shape index (κ2) is 4.78. The fraction of sp³-hybridized carbons (Fsp3) is 0.455. The van der Waals surface area contributed by atoms with Gasteiger partial charge in [0, 0.05) is 37.7 Å². The summed E-state index contributed by atoms with van der Waals surface area (Å²) in [4.78, 5) is 2.45. The van der Waals surface area contributed by atoms with Gasteiger partial charge in [0.05, 0.1) is 0 Å². The monoisotopic (exact) mass is 210 g/mol. The predicted octanol–water partition coefficient (Wildman–Crippen LogP) is 1.75. The molecular weight excluding hydrogens is 196 g/mol. The molecule has 0 saturated carbocycles. The predicted molar refractivity (Wildman–Crippen MR) is 59.6 cm³/mol. The SMILES string of the molecule is Clc1cccc(CN2CCNCC2)c1. The van der Waals surface area contributed by atoms with E-state index in [4.69, 9.17) is 11.6 Å². The molecule has 1 aliphatic rings. The van der Waals surface area contributed by atoms with Crippen molar-refractivity contribution < 1.29 is 0 Å². The zero-order valence-electron chi connectivity index (χ0n) is 8.17. The van der Waals surface area contributed by atoms with Gasteiger partial charge in [-0.1, -0.05) is 23.7 Å². The van der Waals surface area contributed by atoms with Crippen LogP contribution in [0, 0.1) is 0 Å². The fourth-order valence-electron chi connectivity index (χ4n) is 1.76. The van der Waals surface area contributed by atoms with Gasteiger partial charge in [0.1, 0.15) is 0 Å². The van der Waals surface area contributed by atoms with Crippen LogP contribution >= 0.6 is 11.6 Å². The molecule has 14 heavy (non-hydrogen) atoms. The Bertz CT molecular complexity index is 295. The van der Waals surface area contributed by atoms with Crippen LogP contribution in [0.1, 0.15) is 5.56 Å². The largest absolute Gasteiger partial charge is 0.314 e. The minimum absolute atomic E-state index is 0.831. The van der Waals surface area contributed by atoms with Crippen molar-refractivity contribution in [1.29, 1.82) is 0 Å². The first-order chi connectivity index (χ1) is 6.84. The number of piperazine rings is 1. The maximum Gasteiger partial charge on any atom is 0.0409 e. The number of hydrogen-bond donors (Lipinski definition) is 1. The van der Waals surface area contributed by atoms with Crippen LogP contribution < -0.4 is 5.32 Å². The second-order valence-electron chi connectivity index (χ2n) is 3.66. The molecule has 0 aromatic heterocycles. The average Bonchev–Trinajstić information content (AvgIpc) is 2.19. The summed E-state index contributed by atoms with van der Waals surface area (Å²) in [6.07, 6.45) is 0. The second-order valence-corrected chi connectivity index (χ2v) is 4.09. The Kier molecular flexibility index (Phi) is 3.40. The summed E-state index contributed by atoms with van der Waals surface area (Å²) >= 11 is 5.93. The van der Waals surface area contributed by atoms with Crippen molar-refractivity contribution in [2.75, 3.05) is 26.2 Å². The molecule has 1 aliphatic heterocycles. The maximum absolute atomic E-state index is 5.93. The lowest BCUT2D eigenvalue weighted by molar-refractivity contribution is 0.233. The van der Waals surface area contributed by atoms with Crippen LogP contribution in [0.15, 0.2) is 24.3 Å². The Morgan fingerprint density at radius 3 is 2.79 bits per heavy atom. The molecular formula is C11H15ClN2. The Morgan fingerprint density at radius 1 is 1.29 bits per heavy atom. The van der Waals surface area contributed by atoms with Gasteiger partial charge in [-0.15, -0.1) is 0 Å². The van der Waals surface area contributed by atoms with E-state index >= 15 is 0 Å². The van der Waals surface area contributed by atoms with E-state index in [0.717, 1.165) is 37.7 Å². The van der Waals surface area contributed by atoms with Gasteiger partial charge in [0.15, 0.2) is 0 Å². The van der Waals surface area contributed by atoms with Crippen LogP contribution in [0.5, 0.6) is 0 Å². The molecule has 0 unspecified atom stereocenters. The van der Waals surface area contributed by atoms with Crippen LogP contribution in [0.2, 0.25) is 5.02 Å². The summed E-state index contributed by atoms with van der Waals surface area (Å²) in [5, 5.41) is 4.18. The van der Waals surface area contributed by atoms with E-state index in [1.807, 2.05) is 18.2 Å². The number of halogens is 1. The molecule has 0 amide bonds. The van der Waals surface area contributed by atoms with Gasteiger partial charge in [-0.05, 0) is 17.7 Å². The van der Waals surface area contributed by atoms with Crippen molar-refractivity contribution in [3.63, 3.8) is 0 Å². The van der Waals surface area contributed by atoms with Crippen molar-refractivity contribution >= 4 is 11.6 Å². The first kappa shape index (κ1) is 9.97. The van der Waals surface area contributed by atoms with Crippen LogP contribution in [0.3, 0.4) is 0 Å². The van der Waals surface area contributed by atoms with Gasteiger partial charge in [0.2, 0.25) is 0 Å². The molecule has 0 radical (unpaired) electrons. The molecule has 76 valence electrons. The quantitative estimate of drug-likeness (QED) is 0.800. The van der Waals surface area contributed by atoms with Crippen molar-refractivity contribution in [2.24, 2.45) is 0 Å². The lowest BCUT2D eigenvalue weighted by atomic mass is 10.2. The maximum atomic E-state index is 5.93. The summed E-state index contributed by atoms with van der Waals surface area (Å²) < 4.78 is 0. The molecule has 1 aromatic carbocycles. The first-order valence-corrected chi connectivity index (χ1v) is 5.40. The van der Waals surface area contributed by atoms with Crippen molar-refractivity contribution in [3.05, 3.63) is 34.9 Å². The smallest absolute Gasteiger partial charge is 0.0409 e. The molecule has 1 aromatic rings. The van der Waals surface area contributed by atoms with E-state index in [2.05, 4.69) is 16.3 Å². The lowest BCUT2D eigenvalue weighted by Crippen LogP contribution is -2.42. The van der Waals surface area contributed by atoms with Gasteiger partial charge in [-0.25, -0.2) is 0 Å². The fourth-order valence-corrected chi connectivity index (χ4v) is 1.98. The zero-order valence-corrected chi connectivity index (χ0v) is 8.93. The third-order valence-electron chi connectivity index (χ3n) is 2.50. The number of nitrogens with one attached hydrogen (secondary N) is 1. The van der Waals surface area contributed by atoms with Crippen LogP contribution in [-0.4, -0.2) is 31.1 Å². The van der Waals surface area contributed by atoms with E-state index in [0.29, 0.717) is 0 Å². The molecule has 0 spiro atoms. The topological polar surface area (TPSA) is 15.3 Å². The summed E-state index contributed by atoms with van der Waals surface area (Å²) in [5.74, 6) is 0. The third kappa shape index (κ3) is 2.71. The van der Waals surface area contributed by atoms with Gasteiger partial charge in [0.25, 0.3) is 0 Å². The molecule has 2 nitrogen and oxygen atoms in total. The van der Waals surface area contributed by atoms with E-state index < -0.39 is 0 Å². The molecule has 1 N–H and O–H groups in total. The normalized spacial score (nSPS) is 18.4. The molecule has 1 saturated heterocycles. The van der Waals surface area contributed by atoms with Gasteiger partial charge in [-0.2, -0.15) is 0 Å². The lowest BCUT2D eigenvalue weighted by Gasteiger charge is -2.27. The summed E-state index contributed by atoms with van der Waals surface area (Å²) in [5.41, 5.74) is 1.31. The number of nitrogens with zero attached hydrogens (tertiary/aromatic N) is 1. The minimum Gasteiger partial charge on any atom is -0.314 e. The van der Waals surface area contributed by atoms with E-state index in [1.165, 1.54) is 5.56 Å². The van der Waals surface area contributed by atoms with Crippen molar-refractivity contribution in [1.82, 2.24) is 10.2 Å². The summed E-state index contributed by atoms with van der Waals surface area (Å²) in [7, 11) is 0. The molecule has 0 atom stereocenters. The van der Waals surface area contributed by atoms with Crippen LogP contribution in [-0.2, 0) is 6.54 Å². The molecule has 0 aliphatic carbocycles. The highest BCUT2D eigenvalue weighted by Crippen LogP contribution is 2.12. The van der Waals surface area contributed by atoms with Crippen molar-refractivity contribution in [2.45, 2.75) is 6.54 Å². The molecule has 1 heterocycles. The Labute approximate surface area is 89.9 Å². The van der Waals surface area contributed by atoms with Gasteiger partial charge in [-0.3, -0.25) is 4.90 Å². The third-order valence-corrected chi connectivity index (χ3v) is 2.74. The van der Waals surface area contributed by atoms with Crippen LogP contribution in [0.25, 0.3) is 0 Å². The highest BCUT2D eigenvalue weighted by molar-refractivity contribution is 6.30. The van der Waals surface area contributed by atoms with Crippen molar-refractivity contribution in [3.8, 4) is 0 Å². The van der Waals surface area contributed by atoms with Crippen LogP contribution in [0.4, 0.5) is 0 Å². The summed E-state index contributed by atoms with van der Waals surface area (Å²) in [6, 6.07) is 8.11. The van der Waals surface area contributed by atoms with Gasteiger partial charge >= 0.3 is 0 Å². The number of hydrogen-bond acceptors (Lipinski definition) is 2. The number of rotatable bonds is 2. The van der Waals surface area contributed by atoms with E-state index in [1.54, 1.807) is 0 Å². The molecule has 0 bridgehead atoms. The molecule has 2 rings (SSSR count). The first-order valence-electron chi connectivity index (χ1n) is 5.02. The number of benzene rings is 1. The van der Waals surface area contributed by atoms with E-state index in [9.17, 15) is 0 Å². The Balaban J connectivity index is 1.95. The zero-order chi connectivity index (χ0) is 9.80. The Morgan fingerprint density at radius 2 is 2.07 bits per heavy atom. The standard InChI is InChI=1S/C11H15ClN2/c12-11-3-1-2-10(8-11)9-14-6-4-13-5-7-14/h1-3,8,13H,4-7,9H2.